The molecule has 1 heterocycles. The number of thioether (sulfide) groups is 1. The number of nitrogens with one attached hydrogen (secondary N) is 2. The Hall–Kier alpha value is -3.26. The molecule has 3 aromatic rings. The number of aryl methyl sites for hydroxylation is 2. The van der Waals surface area contributed by atoms with Crippen LogP contribution in [0, 0.1) is 13.8 Å². The fourth-order valence-electron chi connectivity index (χ4n) is 3.07. The van der Waals surface area contributed by atoms with E-state index in [4.69, 9.17) is 4.74 Å². The van der Waals surface area contributed by atoms with Gasteiger partial charge < -0.3 is 19.9 Å². The summed E-state index contributed by atoms with van der Waals surface area (Å²) >= 11 is 1.51. The van der Waals surface area contributed by atoms with Crippen molar-refractivity contribution in [2.75, 3.05) is 23.5 Å². The molecule has 0 spiro atoms. The van der Waals surface area contributed by atoms with Crippen LogP contribution in [0.1, 0.15) is 23.4 Å². The zero-order chi connectivity index (χ0) is 22.9. The number of anilines is 2. The summed E-state index contributed by atoms with van der Waals surface area (Å²) in [5.41, 5.74) is 4.00. The molecular weight excluding hydrogens is 422 g/mol. The minimum absolute atomic E-state index is 0.0400. The number of aromatic nitrogens is 3. The lowest BCUT2D eigenvalue weighted by molar-refractivity contribution is -0.115. The van der Waals surface area contributed by atoms with E-state index >= 15 is 0 Å². The number of carbonyl (C=O) groups excluding carboxylic acids is 1. The highest BCUT2D eigenvalue weighted by molar-refractivity contribution is 7.99. The third-order valence-electron chi connectivity index (χ3n) is 4.88. The molecule has 8 heteroatoms. The lowest BCUT2D eigenvalue weighted by Crippen LogP contribution is -2.13. The highest BCUT2D eigenvalue weighted by Crippen LogP contribution is 2.22. The highest BCUT2D eigenvalue weighted by Gasteiger charge is 2.13. The van der Waals surface area contributed by atoms with Crippen molar-refractivity contribution >= 4 is 29.0 Å². The van der Waals surface area contributed by atoms with E-state index < -0.39 is 0 Å². The molecule has 7 nitrogen and oxygen atoms in total. The van der Waals surface area contributed by atoms with Crippen molar-refractivity contribution in [3.63, 3.8) is 0 Å². The molecule has 2 aromatic carbocycles. The minimum Gasteiger partial charge on any atom is -0.497 e. The van der Waals surface area contributed by atoms with E-state index in [-0.39, 0.29) is 5.91 Å². The third-order valence-corrected chi connectivity index (χ3v) is 5.84. The molecule has 0 unspecified atom stereocenters. The average Bonchev–Trinajstić information content (AvgIpc) is 3.16. The van der Waals surface area contributed by atoms with E-state index in [0.29, 0.717) is 25.3 Å². The van der Waals surface area contributed by atoms with Crippen LogP contribution in [0.3, 0.4) is 0 Å². The van der Waals surface area contributed by atoms with Crippen LogP contribution in [-0.2, 0) is 17.9 Å². The number of rotatable bonds is 11. The van der Waals surface area contributed by atoms with Gasteiger partial charge in [0.05, 0.1) is 13.7 Å². The number of allylic oxidation sites excluding steroid dienone is 1. The van der Waals surface area contributed by atoms with Crippen molar-refractivity contribution in [2.24, 2.45) is 0 Å². The molecule has 168 valence electrons. The predicted octanol–water partition coefficient (Wildman–Crippen LogP) is 4.82. The summed E-state index contributed by atoms with van der Waals surface area (Å²) in [6, 6.07) is 13.8. The zero-order valence-electron chi connectivity index (χ0n) is 18.7. The van der Waals surface area contributed by atoms with E-state index in [1.807, 2.05) is 47.9 Å². The van der Waals surface area contributed by atoms with Gasteiger partial charge in [-0.05, 0) is 49.7 Å². The molecule has 0 saturated carbocycles. The number of amides is 1. The molecule has 0 aliphatic heterocycles. The zero-order valence-corrected chi connectivity index (χ0v) is 19.5. The van der Waals surface area contributed by atoms with Crippen LogP contribution in [0.25, 0.3) is 0 Å². The van der Waals surface area contributed by atoms with Crippen molar-refractivity contribution in [1.29, 1.82) is 0 Å². The molecule has 0 bridgehead atoms. The SMILES string of the molecule is C=CCn1c(CNc2ccc(C)cc2)nnc1SCCC(=O)Nc1ccc(OC)cc1C. The Balaban J connectivity index is 1.54. The van der Waals surface area contributed by atoms with Gasteiger partial charge in [-0.15, -0.1) is 16.8 Å². The van der Waals surface area contributed by atoms with Crippen LogP contribution in [-0.4, -0.2) is 33.5 Å². The van der Waals surface area contributed by atoms with Crippen LogP contribution in [0.2, 0.25) is 0 Å². The van der Waals surface area contributed by atoms with Crippen molar-refractivity contribution in [2.45, 2.75) is 38.5 Å². The van der Waals surface area contributed by atoms with Gasteiger partial charge in [0.1, 0.15) is 5.75 Å². The molecule has 0 atom stereocenters. The number of carbonyl (C=O) groups is 1. The van der Waals surface area contributed by atoms with Gasteiger partial charge in [-0.3, -0.25) is 4.79 Å². The number of benzene rings is 2. The van der Waals surface area contributed by atoms with Crippen molar-refractivity contribution in [3.8, 4) is 5.75 Å². The fraction of sp³-hybridized carbons (Fsp3) is 0.292. The Labute approximate surface area is 193 Å². The molecule has 2 N–H and O–H groups in total. The Morgan fingerprint density at radius 2 is 1.97 bits per heavy atom. The molecule has 32 heavy (non-hydrogen) atoms. The smallest absolute Gasteiger partial charge is 0.225 e. The summed E-state index contributed by atoms with van der Waals surface area (Å²) < 4.78 is 7.22. The second kappa shape index (κ2) is 11.4. The van der Waals surface area contributed by atoms with E-state index in [0.717, 1.165) is 33.7 Å². The number of hydrogen-bond acceptors (Lipinski definition) is 6. The summed E-state index contributed by atoms with van der Waals surface area (Å²) in [4.78, 5) is 12.4. The monoisotopic (exact) mass is 451 g/mol. The van der Waals surface area contributed by atoms with Gasteiger partial charge >= 0.3 is 0 Å². The maximum Gasteiger partial charge on any atom is 0.225 e. The third kappa shape index (κ3) is 6.37. The van der Waals surface area contributed by atoms with E-state index in [1.54, 1.807) is 7.11 Å². The van der Waals surface area contributed by atoms with Crippen LogP contribution in [0.15, 0.2) is 60.3 Å². The summed E-state index contributed by atoms with van der Waals surface area (Å²) in [5, 5.41) is 15.8. The van der Waals surface area contributed by atoms with Crippen LogP contribution < -0.4 is 15.4 Å². The summed E-state index contributed by atoms with van der Waals surface area (Å²) in [6.07, 6.45) is 2.19. The maximum atomic E-state index is 12.4. The molecule has 0 saturated heterocycles. The van der Waals surface area contributed by atoms with E-state index in [1.165, 1.54) is 17.3 Å². The van der Waals surface area contributed by atoms with E-state index in [2.05, 4.69) is 46.5 Å². The van der Waals surface area contributed by atoms with Gasteiger partial charge in [-0.25, -0.2) is 0 Å². The molecule has 0 aliphatic carbocycles. The quantitative estimate of drug-likeness (QED) is 0.321. The van der Waals surface area contributed by atoms with Crippen LogP contribution >= 0.6 is 11.8 Å². The summed E-state index contributed by atoms with van der Waals surface area (Å²) in [7, 11) is 1.62. The number of methoxy groups -OCH3 is 1. The number of hydrogen-bond donors (Lipinski definition) is 2. The van der Waals surface area contributed by atoms with Crippen molar-refractivity contribution < 1.29 is 9.53 Å². The molecule has 0 radical (unpaired) electrons. The Morgan fingerprint density at radius 3 is 2.66 bits per heavy atom. The predicted molar refractivity (Wildman–Crippen MR) is 130 cm³/mol. The van der Waals surface area contributed by atoms with Gasteiger partial charge in [0, 0.05) is 30.1 Å². The second-order valence-corrected chi connectivity index (χ2v) is 8.41. The van der Waals surface area contributed by atoms with Crippen molar-refractivity contribution in [3.05, 3.63) is 72.1 Å². The highest BCUT2D eigenvalue weighted by atomic mass is 32.2. The Morgan fingerprint density at radius 1 is 1.19 bits per heavy atom. The standard InChI is InChI=1S/C24H29N5O2S/c1-5-13-29-22(16-25-19-8-6-17(2)7-9-19)27-28-24(29)32-14-12-23(30)26-21-11-10-20(31-4)15-18(21)3/h5-11,15,25H,1,12-14,16H2,2-4H3,(H,26,30). The van der Waals surface area contributed by atoms with Gasteiger partial charge in [-0.1, -0.05) is 35.5 Å². The van der Waals surface area contributed by atoms with Crippen LogP contribution in [0.4, 0.5) is 11.4 Å². The second-order valence-electron chi connectivity index (χ2n) is 7.35. The minimum atomic E-state index is -0.0400. The topological polar surface area (TPSA) is 81.1 Å². The molecule has 1 aromatic heterocycles. The molecule has 0 aliphatic rings. The Kier molecular flexibility index (Phi) is 8.33. The van der Waals surface area contributed by atoms with Gasteiger partial charge in [-0.2, -0.15) is 0 Å². The van der Waals surface area contributed by atoms with Gasteiger partial charge in [0.2, 0.25) is 5.91 Å². The largest absolute Gasteiger partial charge is 0.497 e. The number of ether oxygens (including phenoxy) is 1. The first-order chi connectivity index (χ1) is 15.5. The molecule has 0 fully saturated rings. The lowest BCUT2D eigenvalue weighted by atomic mass is 10.2. The van der Waals surface area contributed by atoms with Gasteiger partial charge in [0.15, 0.2) is 11.0 Å². The average molecular weight is 452 g/mol. The van der Waals surface area contributed by atoms with Gasteiger partial charge in [0.25, 0.3) is 0 Å². The summed E-state index contributed by atoms with van der Waals surface area (Å²) in [6.45, 7) is 9.01. The first-order valence-corrected chi connectivity index (χ1v) is 11.4. The van der Waals surface area contributed by atoms with Crippen molar-refractivity contribution in [1.82, 2.24) is 14.8 Å². The van der Waals surface area contributed by atoms with Crippen LogP contribution in [0.5, 0.6) is 5.75 Å². The molecule has 3 rings (SSSR count). The normalized spacial score (nSPS) is 10.6. The first kappa shape index (κ1) is 23.4. The molecule has 1 amide bonds. The molecular formula is C24H29N5O2S. The Bertz CT molecular complexity index is 1060. The lowest BCUT2D eigenvalue weighted by Gasteiger charge is -2.11. The first-order valence-electron chi connectivity index (χ1n) is 10.4. The summed E-state index contributed by atoms with van der Waals surface area (Å²) in [5.74, 6) is 2.15. The number of nitrogens with zero attached hydrogens (tertiary/aromatic N) is 3. The fourth-order valence-corrected chi connectivity index (χ4v) is 3.98. The maximum absolute atomic E-state index is 12.4. The van der Waals surface area contributed by atoms with E-state index in [9.17, 15) is 4.79 Å².